The number of aryl methyl sites for hydroxylation is 1. The van der Waals surface area contributed by atoms with Crippen molar-refractivity contribution in [3.05, 3.63) is 107 Å². The molecule has 0 N–H and O–H groups in total. The van der Waals surface area contributed by atoms with E-state index in [9.17, 15) is 14.4 Å². The minimum absolute atomic E-state index is 0.0330. The van der Waals surface area contributed by atoms with Gasteiger partial charge in [0.2, 0.25) is 0 Å². The maximum atomic E-state index is 13.9. The third-order valence-corrected chi connectivity index (χ3v) is 7.27. The summed E-state index contributed by atoms with van der Waals surface area (Å²) in [5.41, 5.74) is 4.14. The monoisotopic (exact) mass is 520 g/mol. The fourth-order valence-corrected chi connectivity index (χ4v) is 5.09. The second-order valence-electron chi connectivity index (χ2n) is 10.9. The SMILES string of the molecule is COc1cc(C)ccc1N(CCN1C(=O)c2cccc3cccc(c23)C1=O)C(=O)c1ccc(C(C)(C)C)cc1. The number of carbonyl (C=O) groups excluding carboxylic acids is 3. The fraction of sp³-hybridized carbons (Fsp3) is 0.242. The minimum Gasteiger partial charge on any atom is -0.495 e. The van der Waals surface area contributed by atoms with E-state index in [4.69, 9.17) is 4.74 Å². The summed E-state index contributed by atoms with van der Waals surface area (Å²) in [5, 5.41) is 1.53. The molecular weight excluding hydrogens is 488 g/mol. The highest BCUT2D eigenvalue weighted by Gasteiger charge is 2.33. The lowest BCUT2D eigenvalue weighted by Gasteiger charge is -2.31. The van der Waals surface area contributed by atoms with Crippen molar-refractivity contribution in [1.82, 2.24) is 4.90 Å². The molecule has 0 aliphatic carbocycles. The topological polar surface area (TPSA) is 66.9 Å². The van der Waals surface area contributed by atoms with E-state index < -0.39 is 0 Å². The molecule has 0 fully saturated rings. The first-order valence-corrected chi connectivity index (χ1v) is 13.0. The molecule has 4 aromatic carbocycles. The van der Waals surface area contributed by atoms with Crippen LogP contribution in [0.2, 0.25) is 0 Å². The number of hydrogen-bond acceptors (Lipinski definition) is 4. The number of amides is 3. The molecule has 0 unspecified atom stereocenters. The number of hydrogen-bond donors (Lipinski definition) is 0. The normalized spacial score (nSPS) is 13.1. The van der Waals surface area contributed by atoms with Gasteiger partial charge in [-0.25, -0.2) is 0 Å². The molecule has 1 aliphatic heterocycles. The Bertz CT molecular complexity index is 1550. The Morgan fingerprint density at radius 1 is 0.872 bits per heavy atom. The Morgan fingerprint density at radius 2 is 1.49 bits per heavy atom. The predicted octanol–water partition coefficient (Wildman–Crippen LogP) is 6.40. The Balaban J connectivity index is 1.50. The molecule has 0 radical (unpaired) electrons. The van der Waals surface area contributed by atoms with Gasteiger partial charge in [0.1, 0.15) is 5.75 Å². The number of rotatable bonds is 6. The van der Waals surface area contributed by atoms with E-state index in [1.54, 1.807) is 24.1 Å². The molecule has 0 atom stereocenters. The zero-order chi connectivity index (χ0) is 27.9. The Hall–Kier alpha value is -4.45. The maximum absolute atomic E-state index is 13.9. The second-order valence-corrected chi connectivity index (χ2v) is 10.9. The van der Waals surface area contributed by atoms with Crippen molar-refractivity contribution in [2.75, 3.05) is 25.1 Å². The molecular formula is C33H32N2O4. The summed E-state index contributed by atoms with van der Waals surface area (Å²) in [7, 11) is 1.56. The van der Waals surface area contributed by atoms with Crippen molar-refractivity contribution in [2.24, 2.45) is 0 Å². The van der Waals surface area contributed by atoms with Crippen LogP contribution in [0, 0.1) is 6.92 Å². The summed E-state index contributed by atoms with van der Waals surface area (Å²) in [4.78, 5) is 43.7. The quantitative estimate of drug-likeness (QED) is 0.276. The number of imide groups is 1. The average molecular weight is 521 g/mol. The van der Waals surface area contributed by atoms with Gasteiger partial charge in [-0.05, 0) is 65.3 Å². The predicted molar refractivity (Wildman–Crippen MR) is 154 cm³/mol. The molecule has 6 heteroatoms. The Labute approximate surface area is 228 Å². The van der Waals surface area contributed by atoms with E-state index in [1.807, 2.05) is 73.7 Å². The van der Waals surface area contributed by atoms with Gasteiger partial charge in [0.25, 0.3) is 17.7 Å². The first kappa shape index (κ1) is 26.2. The van der Waals surface area contributed by atoms with Crippen LogP contribution in [-0.2, 0) is 5.41 Å². The fourth-order valence-electron chi connectivity index (χ4n) is 5.09. The average Bonchev–Trinajstić information content (AvgIpc) is 2.93. The number of benzene rings is 4. The van der Waals surface area contributed by atoms with Gasteiger partial charge < -0.3 is 9.64 Å². The number of methoxy groups -OCH3 is 1. The first-order chi connectivity index (χ1) is 18.6. The van der Waals surface area contributed by atoms with Crippen LogP contribution in [0.3, 0.4) is 0 Å². The highest BCUT2D eigenvalue weighted by atomic mass is 16.5. The van der Waals surface area contributed by atoms with Crippen molar-refractivity contribution in [3.8, 4) is 5.75 Å². The summed E-state index contributed by atoms with van der Waals surface area (Å²) < 4.78 is 5.63. The van der Waals surface area contributed by atoms with Crippen LogP contribution in [-0.4, -0.2) is 42.8 Å². The van der Waals surface area contributed by atoms with Crippen LogP contribution in [0.25, 0.3) is 10.8 Å². The number of anilines is 1. The third-order valence-electron chi connectivity index (χ3n) is 7.27. The number of ether oxygens (including phenoxy) is 1. The van der Waals surface area contributed by atoms with Gasteiger partial charge in [-0.1, -0.05) is 63.2 Å². The van der Waals surface area contributed by atoms with E-state index in [-0.39, 0.29) is 36.2 Å². The molecule has 1 aliphatic rings. The molecule has 5 rings (SSSR count). The molecule has 0 saturated heterocycles. The minimum atomic E-state index is -0.359. The highest BCUT2D eigenvalue weighted by Crippen LogP contribution is 2.33. The van der Waals surface area contributed by atoms with Crippen molar-refractivity contribution < 1.29 is 19.1 Å². The van der Waals surface area contributed by atoms with Crippen LogP contribution in [0.15, 0.2) is 78.9 Å². The molecule has 4 aromatic rings. The molecule has 6 nitrogen and oxygen atoms in total. The van der Waals surface area contributed by atoms with Gasteiger partial charge in [0, 0.05) is 35.2 Å². The maximum Gasteiger partial charge on any atom is 0.261 e. The van der Waals surface area contributed by atoms with Crippen LogP contribution in [0.4, 0.5) is 5.69 Å². The molecule has 0 bridgehead atoms. The highest BCUT2D eigenvalue weighted by molar-refractivity contribution is 6.25. The Kier molecular flexibility index (Phi) is 6.73. The van der Waals surface area contributed by atoms with Gasteiger partial charge in [0.05, 0.1) is 12.8 Å². The summed E-state index contributed by atoms with van der Waals surface area (Å²) in [5.74, 6) is -0.415. The van der Waals surface area contributed by atoms with Gasteiger partial charge in [0.15, 0.2) is 0 Å². The molecule has 39 heavy (non-hydrogen) atoms. The third kappa shape index (κ3) is 4.78. The molecule has 1 heterocycles. The summed E-state index contributed by atoms with van der Waals surface area (Å²) in [6, 6.07) is 24.1. The Morgan fingerprint density at radius 3 is 2.05 bits per heavy atom. The zero-order valence-electron chi connectivity index (χ0n) is 22.9. The molecule has 0 spiro atoms. The van der Waals surface area contributed by atoms with Crippen LogP contribution >= 0.6 is 0 Å². The van der Waals surface area contributed by atoms with Crippen LogP contribution in [0.5, 0.6) is 5.75 Å². The lowest BCUT2D eigenvalue weighted by atomic mass is 9.86. The van der Waals surface area contributed by atoms with Gasteiger partial charge in [-0.15, -0.1) is 0 Å². The van der Waals surface area contributed by atoms with Crippen molar-refractivity contribution >= 4 is 34.2 Å². The zero-order valence-corrected chi connectivity index (χ0v) is 22.9. The first-order valence-electron chi connectivity index (χ1n) is 13.0. The number of nitrogens with zero attached hydrogens (tertiary/aromatic N) is 2. The summed E-state index contributed by atoms with van der Waals surface area (Å²) >= 11 is 0. The van der Waals surface area contributed by atoms with E-state index in [0.29, 0.717) is 33.5 Å². The molecule has 3 amide bonds. The van der Waals surface area contributed by atoms with Crippen molar-refractivity contribution in [1.29, 1.82) is 0 Å². The summed E-state index contributed by atoms with van der Waals surface area (Å²) in [6.07, 6.45) is 0. The van der Waals surface area contributed by atoms with E-state index in [2.05, 4.69) is 20.8 Å². The van der Waals surface area contributed by atoms with E-state index in [0.717, 1.165) is 16.5 Å². The lowest BCUT2D eigenvalue weighted by Crippen LogP contribution is -2.46. The van der Waals surface area contributed by atoms with Gasteiger partial charge >= 0.3 is 0 Å². The lowest BCUT2D eigenvalue weighted by molar-refractivity contribution is 0.0611. The van der Waals surface area contributed by atoms with Crippen molar-refractivity contribution in [2.45, 2.75) is 33.1 Å². The van der Waals surface area contributed by atoms with Gasteiger partial charge in [-0.3, -0.25) is 19.3 Å². The molecule has 198 valence electrons. The van der Waals surface area contributed by atoms with Crippen LogP contribution in [0.1, 0.15) is 63.0 Å². The van der Waals surface area contributed by atoms with Gasteiger partial charge in [-0.2, -0.15) is 0 Å². The van der Waals surface area contributed by atoms with Crippen molar-refractivity contribution in [3.63, 3.8) is 0 Å². The largest absolute Gasteiger partial charge is 0.495 e. The second kappa shape index (κ2) is 10.0. The molecule has 0 saturated carbocycles. The summed E-state index contributed by atoms with van der Waals surface area (Å²) in [6.45, 7) is 8.46. The van der Waals surface area contributed by atoms with Crippen LogP contribution < -0.4 is 9.64 Å². The van der Waals surface area contributed by atoms with E-state index in [1.165, 1.54) is 4.90 Å². The standard InChI is InChI=1S/C33H32N2O4/c1-21-12-17-27(28(20-21)39-5)34(30(36)23-13-15-24(16-14-23)33(2,3)4)18-19-35-31(37)25-10-6-8-22-9-7-11-26(29(22)25)32(35)38/h6-17,20H,18-19H2,1-5H3. The number of carbonyl (C=O) groups is 3. The van der Waals surface area contributed by atoms with E-state index >= 15 is 0 Å². The molecule has 0 aromatic heterocycles. The smallest absolute Gasteiger partial charge is 0.261 e.